The first-order chi connectivity index (χ1) is 8.21. The molecule has 0 spiro atoms. The fourth-order valence-corrected chi connectivity index (χ4v) is 4.24. The van der Waals surface area contributed by atoms with E-state index in [2.05, 4.69) is 12.1 Å². The van der Waals surface area contributed by atoms with Crippen molar-refractivity contribution in [2.24, 2.45) is 0 Å². The van der Waals surface area contributed by atoms with E-state index in [-0.39, 0.29) is 5.92 Å². The van der Waals surface area contributed by atoms with E-state index in [4.69, 9.17) is 24.9 Å². The van der Waals surface area contributed by atoms with Gasteiger partial charge >= 0.3 is 8.80 Å². The summed E-state index contributed by atoms with van der Waals surface area (Å²) >= 11 is 6.03. The molecule has 1 aromatic carbocycles. The minimum Gasteiger partial charge on any atom is -0.377 e. The van der Waals surface area contributed by atoms with Crippen molar-refractivity contribution >= 4 is 20.4 Å². The highest BCUT2D eigenvalue weighted by molar-refractivity contribution is 6.60. The van der Waals surface area contributed by atoms with Gasteiger partial charge in [0.15, 0.2) is 0 Å². The van der Waals surface area contributed by atoms with Crippen LogP contribution in [0.4, 0.5) is 0 Å². The van der Waals surface area contributed by atoms with Gasteiger partial charge in [-0.3, -0.25) is 0 Å². The van der Waals surface area contributed by atoms with Crippen LogP contribution in [0.3, 0.4) is 0 Å². The fourth-order valence-electron chi connectivity index (χ4n) is 1.79. The van der Waals surface area contributed by atoms with Crippen molar-refractivity contribution < 1.29 is 13.3 Å². The van der Waals surface area contributed by atoms with Gasteiger partial charge in [0.2, 0.25) is 0 Å². The molecule has 0 bridgehead atoms. The van der Waals surface area contributed by atoms with Crippen molar-refractivity contribution in [3.8, 4) is 0 Å². The van der Waals surface area contributed by atoms with Crippen molar-refractivity contribution in [2.75, 3.05) is 27.2 Å². The molecule has 3 nitrogen and oxygen atoms in total. The third-order valence-electron chi connectivity index (χ3n) is 2.89. The van der Waals surface area contributed by atoms with Gasteiger partial charge in [0, 0.05) is 39.2 Å². The first-order valence-electron chi connectivity index (χ1n) is 5.47. The van der Waals surface area contributed by atoms with Gasteiger partial charge in [0.05, 0.1) is 0 Å². The topological polar surface area (TPSA) is 27.7 Å². The van der Waals surface area contributed by atoms with Crippen LogP contribution in [0, 0.1) is 0 Å². The zero-order valence-corrected chi connectivity index (χ0v) is 12.2. The number of hydrogen-bond acceptors (Lipinski definition) is 3. The van der Waals surface area contributed by atoms with E-state index in [1.165, 1.54) is 5.56 Å². The molecule has 0 fully saturated rings. The van der Waals surface area contributed by atoms with Crippen molar-refractivity contribution in [3.05, 3.63) is 35.9 Å². The van der Waals surface area contributed by atoms with Gasteiger partial charge in [-0.15, -0.1) is 11.6 Å². The molecule has 1 rings (SSSR count). The Kier molecular flexibility index (Phi) is 6.15. The molecule has 0 amide bonds. The maximum absolute atomic E-state index is 6.03. The van der Waals surface area contributed by atoms with Gasteiger partial charge in [-0.05, 0) is 5.56 Å². The summed E-state index contributed by atoms with van der Waals surface area (Å²) in [6.07, 6.45) is 0. The third-order valence-corrected chi connectivity index (χ3v) is 6.12. The monoisotopic (exact) mass is 274 g/mol. The summed E-state index contributed by atoms with van der Waals surface area (Å²) in [4.78, 5) is 0. The summed E-state index contributed by atoms with van der Waals surface area (Å²) in [6, 6.07) is 10.8. The molecule has 0 N–H and O–H groups in total. The van der Waals surface area contributed by atoms with Gasteiger partial charge < -0.3 is 13.3 Å². The summed E-state index contributed by atoms with van der Waals surface area (Å²) in [6.45, 7) is 0. The molecule has 5 heteroatoms. The fraction of sp³-hybridized carbons (Fsp3) is 0.500. The molecule has 0 aliphatic heterocycles. The smallest absolute Gasteiger partial charge is 0.377 e. The van der Waals surface area contributed by atoms with Crippen molar-refractivity contribution in [1.82, 2.24) is 0 Å². The highest BCUT2D eigenvalue weighted by Gasteiger charge is 2.40. The van der Waals surface area contributed by atoms with E-state index < -0.39 is 8.80 Å². The molecule has 0 radical (unpaired) electrons. The highest BCUT2D eigenvalue weighted by atomic mass is 35.5. The van der Waals surface area contributed by atoms with Crippen LogP contribution >= 0.6 is 11.6 Å². The molecule has 1 atom stereocenters. The second-order valence-corrected chi connectivity index (χ2v) is 7.07. The van der Waals surface area contributed by atoms with Crippen LogP contribution in [0.2, 0.25) is 6.04 Å². The Morgan fingerprint density at radius 2 is 1.59 bits per heavy atom. The lowest BCUT2D eigenvalue weighted by atomic mass is 10.0. The standard InChI is InChI=1S/C12H19ClO3Si/c1-14-17(15-2,16-3)10-12(9-13)11-7-5-4-6-8-11/h4-8,12H,9-10H2,1-3H3/t12-/m0/s1. The molecule has 0 aromatic heterocycles. The molecule has 96 valence electrons. The van der Waals surface area contributed by atoms with Crippen LogP contribution in [0.5, 0.6) is 0 Å². The summed E-state index contributed by atoms with van der Waals surface area (Å²) < 4.78 is 16.3. The molecule has 0 unspecified atom stereocenters. The Hall–Kier alpha value is -0.393. The second kappa shape index (κ2) is 7.13. The highest BCUT2D eigenvalue weighted by Crippen LogP contribution is 2.28. The summed E-state index contributed by atoms with van der Waals surface area (Å²) in [5.74, 6) is 0.707. The van der Waals surface area contributed by atoms with E-state index in [1.807, 2.05) is 18.2 Å². The largest absolute Gasteiger partial charge is 0.500 e. The lowest BCUT2D eigenvalue weighted by Gasteiger charge is -2.28. The Morgan fingerprint density at radius 1 is 1.06 bits per heavy atom. The van der Waals surface area contributed by atoms with Crippen molar-refractivity contribution in [2.45, 2.75) is 12.0 Å². The van der Waals surface area contributed by atoms with E-state index in [0.717, 1.165) is 0 Å². The van der Waals surface area contributed by atoms with Gasteiger partial charge in [0.1, 0.15) is 0 Å². The first-order valence-corrected chi connectivity index (χ1v) is 7.94. The predicted octanol–water partition coefficient (Wildman–Crippen LogP) is 2.89. The Morgan fingerprint density at radius 3 is 2.00 bits per heavy atom. The quantitative estimate of drug-likeness (QED) is 0.565. The van der Waals surface area contributed by atoms with E-state index in [1.54, 1.807) is 21.3 Å². The minimum atomic E-state index is -2.57. The van der Waals surface area contributed by atoms with Crippen LogP contribution < -0.4 is 0 Å². The summed E-state index contributed by atoms with van der Waals surface area (Å²) in [5, 5.41) is 0. The lowest BCUT2D eigenvalue weighted by Crippen LogP contribution is -2.44. The zero-order valence-electron chi connectivity index (χ0n) is 10.5. The molecular formula is C12H19ClO3Si. The minimum absolute atomic E-state index is 0.185. The number of halogens is 1. The molecule has 0 heterocycles. The molecule has 0 aliphatic rings. The SMILES string of the molecule is CO[Si](C[C@H](CCl)c1ccccc1)(OC)OC. The van der Waals surface area contributed by atoms with Gasteiger partial charge in [-0.25, -0.2) is 0 Å². The van der Waals surface area contributed by atoms with Crippen LogP contribution in [-0.4, -0.2) is 36.0 Å². The summed E-state index contributed by atoms with van der Waals surface area (Å²) in [5.41, 5.74) is 1.19. The van der Waals surface area contributed by atoms with Crippen LogP contribution in [0.15, 0.2) is 30.3 Å². The van der Waals surface area contributed by atoms with E-state index in [0.29, 0.717) is 11.9 Å². The maximum Gasteiger partial charge on any atom is 0.500 e. The Bertz CT molecular complexity index is 309. The predicted molar refractivity (Wildman–Crippen MR) is 71.5 cm³/mol. The average molecular weight is 275 g/mol. The van der Waals surface area contributed by atoms with Crippen LogP contribution in [-0.2, 0) is 13.3 Å². The first kappa shape index (κ1) is 14.7. The number of rotatable bonds is 7. The van der Waals surface area contributed by atoms with E-state index >= 15 is 0 Å². The molecule has 17 heavy (non-hydrogen) atoms. The van der Waals surface area contributed by atoms with Crippen LogP contribution in [0.1, 0.15) is 11.5 Å². The summed E-state index contributed by atoms with van der Waals surface area (Å²) in [7, 11) is 2.29. The molecule has 0 saturated carbocycles. The Balaban J connectivity index is 2.82. The molecule has 0 aliphatic carbocycles. The molecule has 0 saturated heterocycles. The van der Waals surface area contributed by atoms with Crippen LogP contribution in [0.25, 0.3) is 0 Å². The van der Waals surface area contributed by atoms with Gasteiger partial charge in [-0.2, -0.15) is 0 Å². The normalized spacial score (nSPS) is 13.6. The second-order valence-electron chi connectivity index (χ2n) is 3.76. The van der Waals surface area contributed by atoms with Crippen molar-refractivity contribution in [3.63, 3.8) is 0 Å². The number of alkyl halides is 1. The Labute approximate surface area is 109 Å². The van der Waals surface area contributed by atoms with Gasteiger partial charge in [0.25, 0.3) is 0 Å². The molecule has 1 aromatic rings. The van der Waals surface area contributed by atoms with Crippen molar-refractivity contribution in [1.29, 1.82) is 0 Å². The number of hydrogen-bond donors (Lipinski definition) is 0. The third kappa shape index (κ3) is 3.79. The molecular weight excluding hydrogens is 256 g/mol. The van der Waals surface area contributed by atoms with Gasteiger partial charge in [-0.1, -0.05) is 30.3 Å². The van der Waals surface area contributed by atoms with E-state index in [9.17, 15) is 0 Å². The number of benzene rings is 1. The average Bonchev–Trinajstić information content (AvgIpc) is 2.42. The maximum atomic E-state index is 6.03. The zero-order chi connectivity index (χ0) is 12.7. The lowest BCUT2D eigenvalue weighted by molar-refractivity contribution is 0.122.